The molecule has 3 N–H and O–H groups in total. The third kappa shape index (κ3) is 3.80. The van der Waals surface area contributed by atoms with Gasteiger partial charge >= 0.3 is 0 Å². The van der Waals surface area contributed by atoms with Crippen LogP contribution in [0.1, 0.15) is 5.82 Å². The third-order valence-corrected chi connectivity index (χ3v) is 2.23. The lowest BCUT2D eigenvalue weighted by Gasteiger charge is -2.07. The fraction of sp³-hybridized carbons (Fsp3) is 0.200. The minimum atomic E-state index is 0.524. The first-order chi connectivity index (χ1) is 8.34. The van der Waals surface area contributed by atoms with Crippen molar-refractivity contribution < 1.29 is 0 Å². The van der Waals surface area contributed by atoms with Crippen molar-refractivity contribution in [3.8, 4) is 0 Å². The Labute approximate surface area is 104 Å². The van der Waals surface area contributed by atoms with Crippen LogP contribution in [-0.4, -0.2) is 31.6 Å². The highest BCUT2D eigenvalue weighted by molar-refractivity contribution is 7.80. The first kappa shape index (κ1) is 11.5. The van der Waals surface area contributed by atoms with Crippen LogP contribution in [0.5, 0.6) is 0 Å². The van der Waals surface area contributed by atoms with E-state index in [2.05, 4.69) is 30.6 Å². The molecule has 0 aliphatic rings. The highest BCUT2D eigenvalue weighted by atomic mass is 32.1. The quantitative estimate of drug-likeness (QED) is 0.692. The highest BCUT2D eigenvalue weighted by Crippen LogP contribution is 1.94. The molecule has 2 rings (SSSR count). The van der Waals surface area contributed by atoms with E-state index < -0.39 is 0 Å². The molecule has 6 nitrogen and oxygen atoms in total. The molecule has 0 fully saturated rings. The Morgan fingerprint density at radius 3 is 2.76 bits per heavy atom. The minimum Gasteiger partial charge on any atom is -0.362 e. The summed E-state index contributed by atoms with van der Waals surface area (Å²) in [4.78, 5) is 15.1. The topological polar surface area (TPSA) is 78.5 Å². The number of hydrogen-bond acceptors (Lipinski definition) is 4. The number of nitrogens with one attached hydrogen (secondary N) is 3. The van der Waals surface area contributed by atoms with Crippen molar-refractivity contribution in [1.82, 2.24) is 25.3 Å². The Morgan fingerprint density at radius 1 is 1.24 bits per heavy atom. The second kappa shape index (κ2) is 5.90. The summed E-state index contributed by atoms with van der Waals surface area (Å²) in [5.41, 5.74) is 0. The molecule has 0 aromatic carbocycles. The van der Waals surface area contributed by atoms with Gasteiger partial charge in [0.25, 0.3) is 0 Å². The van der Waals surface area contributed by atoms with Crippen molar-refractivity contribution >= 4 is 23.3 Å². The first-order valence-corrected chi connectivity index (χ1v) is 5.55. The Morgan fingerprint density at radius 2 is 2.06 bits per heavy atom. The number of imidazole rings is 1. The average Bonchev–Trinajstić information content (AvgIpc) is 2.83. The van der Waals surface area contributed by atoms with Crippen molar-refractivity contribution in [2.24, 2.45) is 0 Å². The van der Waals surface area contributed by atoms with Gasteiger partial charge in [-0.1, -0.05) is 0 Å². The largest absolute Gasteiger partial charge is 0.362 e. The second-order valence-corrected chi connectivity index (χ2v) is 3.64. The van der Waals surface area contributed by atoms with E-state index in [9.17, 15) is 0 Å². The molecule has 2 aromatic heterocycles. The van der Waals surface area contributed by atoms with E-state index >= 15 is 0 Å². The molecule has 2 heterocycles. The van der Waals surface area contributed by atoms with E-state index in [0.29, 0.717) is 17.6 Å². The second-order valence-electron chi connectivity index (χ2n) is 3.23. The summed E-state index contributed by atoms with van der Waals surface area (Å²) in [6, 6.07) is 1.79. The van der Waals surface area contributed by atoms with Crippen LogP contribution in [0, 0.1) is 0 Å². The van der Waals surface area contributed by atoms with E-state index in [4.69, 9.17) is 12.2 Å². The highest BCUT2D eigenvalue weighted by Gasteiger charge is 1.99. The fourth-order valence-corrected chi connectivity index (χ4v) is 1.43. The van der Waals surface area contributed by atoms with Crippen LogP contribution in [-0.2, 0) is 6.42 Å². The van der Waals surface area contributed by atoms with Gasteiger partial charge < -0.3 is 15.6 Å². The Balaban J connectivity index is 1.70. The zero-order chi connectivity index (χ0) is 11.9. The van der Waals surface area contributed by atoms with E-state index in [1.807, 2.05) is 0 Å². The van der Waals surface area contributed by atoms with Gasteiger partial charge in [0.15, 0.2) is 5.11 Å². The lowest BCUT2D eigenvalue weighted by atomic mass is 10.4. The van der Waals surface area contributed by atoms with Gasteiger partial charge in [-0.25, -0.2) is 15.0 Å². The number of aromatic nitrogens is 4. The summed E-state index contributed by atoms with van der Waals surface area (Å²) in [5.74, 6) is 1.42. The van der Waals surface area contributed by atoms with Gasteiger partial charge in [-0.3, -0.25) is 0 Å². The van der Waals surface area contributed by atoms with Crippen LogP contribution in [0.2, 0.25) is 0 Å². The van der Waals surface area contributed by atoms with Gasteiger partial charge in [0.2, 0.25) is 5.95 Å². The van der Waals surface area contributed by atoms with Gasteiger partial charge in [-0.2, -0.15) is 0 Å². The van der Waals surface area contributed by atoms with Crippen molar-refractivity contribution in [3.05, 3.63) is 36.7 Å². The third-order valence-electron chi connectivity index (χ3n) is 1.98. The van der Waals surface area contributed by atoms with E-state index in [-0.39, 0.29) is 0 Å². The molecule has 2 aromatic rings. The van der Waals surface area contributed by atoms with Gasteiger partial charge in [0.1, 0.15) is 5.82 Å². The van der Waals surface area contributed by atoms with Crippen LogP contribution in [0.25, 0.3) is 0 Å². The standard InChI is InChI=1S/C10H12N6S/c17-10(16-9-13-6-7-14-9)15-5-2-8-11-3-1-4-12-8/h1,3-4,6-7H,2,5H2,(H3,13,14,15,16,17). The Hall–Kier alpha value is -2.02. The zero-order valence-electron chi connectivity index (χ0n) is 9.05. The van der Waals surface area contributed by atoms with Crippen LogP contribution in [0.3, 0.4) is 0 Å². The lowest BCUT2D eigenvalue weighted by Crippen LogP contribution is -2.30. The molecule has 17 heavy (non-hydrogen) atoms. The van der Waals surface area contributed by atoms with Gasteiger partial charge in [0.05, 0.1) is 0 Å². The monoisotopic (exact) mass is 248 g/mol. The summed E-state index contributed by atoms with van der Waals surface area (Å²) in [6.07, 6.45) is 7.55. The molecule has 7 heteroatoms. The molecule has 0 amide bonds. The lowest BCUT2D eigenvalue weighted by molar-refractivity contribution is 0.812. The summed E-state index contributed by atoms with van der Waals surface area (Å²) < 4.78 is 0. The Bertz CT molecular complexity index is 455. The van der Waals surface area contributed by atoms with Gasteiger partial charge in [-0.15, -0.1) is 0 Å². The van der Waals surface area contributed by atoms with E-state index in [0.717, 1.165) is 12.2 Å². The molecule has 0 radical (unpaired) electrons. The molecule has 0 bridgehead atoms. The van der Waals surface area contributed by atoms with Crippen molar-refractivity contribution in [1.29, 1.82) is 0 Å². The SMILES string of the molecule is S=C(NCCc1ncccn1)Nc1ncc[nH]1. The average molecular weight is 248 g/mol. The number of hydrogen-bond donors (Lipinski definition) is 3. The van der Waals surface area contributed by atoms with Crippen molar-refractivity contribution in [2.45, 2.75) is 6.42 Å². The number of nitrogens with zero attached hydrogens (tertiary/aromatic N) is 3. The van der Waals surface area contributed by atoms with Gasteiger partial charge in [-0.05, 0) is 18.3 Å². The predicted molar refractivity (Wildman–Crippen MR) is 68.5 cm³/mol. The van der Waals surface area contributed by atoms with Crippen LogP contribution < -0.4 is 10.6 Å². The number of thiocarbonyl (C=S) groups is 1. The molecule has 0 saturated heterocycles. The summed E-state index contributed by atoms with van der Waals surface area (Å²) in [6.45, 7) is 0.677. The molecule has 0 unspecified atom stereocenters. The fourth-order valence-electron chi connectivity index (χ4n) is 1.23. The first-order valence-electron chi connectivity index (χ1n) is 5.15. The zero-order valence-corrected chi connectivity index (χ0v) is 9.87. The molecular formula is C10H12N6S. The molecule has 0 atom stereocenters. The molecule has 88 valence electrons. The Kier molecular flexibility index (Phi) is 3.98. The van der Waals surface area contributed by atoms with Crippen LogP contribution in [0.4, 0.5) is 5.95 Å². The van der Waals surface area contributed by atoms with Crippen molar-refractivity contribution in [2.75, 3.05) is 11.9 Å². The number of rotatable bonds is 4. The minimum absolute atomic E-state index is 0.524. The van der Waals surface area contributed by atoms with E-state index in [1.165, 1.54) is 0 Å². The molecule has 0 saturated carbocycles. The maximum atomic E-state index is 5.09. The normalized spacial score (nSPS) is 9.88. The molecule has 0 aliphatic carbocycles. The molecule has 0 aliphatic heterocycles. The predicted octanol–water partition coefficient (Wildman–Crippen LogP) is 0.729. The van der Waals surface area contributed by atoms with E-state index in [1.54, 1.807) is 30.9 Å². The van der Waals surface area contributed by atoms with Crippen LogP contribution >= 0.6 is 12.2 Å². The van der Waals surface area contributed by atoms with Crippen molar-refractivity contribution in [3.63, 3.8) is 0 Å². The molecular weight excluding hydrogens is 236 g/mol. The number of aromatic amines is 1. The maximum absolute atomic E-state index is 5.09. The number of H-pyrrole nitrogens is 1. The summed E-state index contributed by atoms with van der Waals surface area (Å²) in [7, 11) is 0. The molecule has 0 spiro atoms. The summed E-state index contributed by atoms with van der Waals surface area (Å²) in [5, 5.41) is 6.49. The van der Waals surface area contributed by atoms with Crippen LogP contribution in [0.15, 0.2) is 30.9 Å². The maximum Gasteiger partial charge on any atom is 0.206 e. The van der Waals surface area contributed by atoms with Gasteiger partial charge in [0, 0.05) is 37.8 Å². The number of anilines is 1. The smallest absolute Gasteiger partial charge is 0.206 e. The summed E-state index contributed by atoms with van der Waals surface area (Å²) >= 11 is 5.09.